The monoisotopic (exact) mass is 273 g/mol. The fraction of sp³-hybridized carbons (Fsp3) is 0.312. The van der Waals surface area contributed by atoms with Gasteiger partial charge >= 0.3 is 0 Å². The molecule has 4 heteroatoms. The Hall–Kier alpha value is -1.94. The summed E-state index contributed by atoms with van der Waals surface area (Å²) in [5.41, 5.74) is 9.04. The van der Waals surface area contributed by atoms with Crippen molar-refractivity contribution in [3.63, 3.8) is 0 Å². The van der Waals surface area contributed by atoms with Gasteiger partial charge < -0.3 is 10.6 Å². The molecule has 0 unspecified atom stereocenters. The van der Waals surface area contributed by atoms with Crippen molar-refractivity contribution in [2.75, 3.05) is 11.4 Å². The highest BCUT2D eigenvalue weighted by Crippen LogP contribution is 2.24. The number of aromatic nitrogens is 1. The van der Waals surface area contributed by atoms with E-state index in [1.807, 2.05) is 38.1 Å². The van der Waals surface area contributed by atoms with Crippen LogP contribution in [0.15, 0.2) is 36.4 Å². The third-order valence-corrected chi connectivity index (χ3v) is 3.32. The number of rotatable bonds is 5. The van der Waals surface area contributed by atoms with Crippen molar-refractivity contribution in [2.45, 2.75) is 26.9 Å². The molecular formula is C16H20FN3. The average Bonchev–Trinajstić information content (AvgIpc) is 2.44. The molecule has 2 aromatic rings. The maximum absolute atomic E-state index is 13.8. The molecule has 0 atom stereocenters. The number of pyridine rings is 1. The molecule has 1 heterocycles. The van der Waals surface area contributed by atoms with Crippen molar-refractivity contribution in [2.24, 2.45) is 5.73 Å². The van der Waals surface area contributed by atoms with E-state index in [4.69, 9.17) is 5.73 Å². The lowest BCUT2D eigenvalue weighted by Crippen LogP contribution is -2.25. The van der Waals surface area contributed by atoms with Crippen LogP contribution in [0.4, 0.5) is 10.1 Å². The second-order valence-corrected chi connectivity index (χ2v) is 4.73. The number of hydrogen-bond donors (Lipinski definition) is 1. The zero-order valence-electron chi connectivity index (χ0n) is 11.9. The Balaban J connectivity index is 2.31. The van der Waals surface area contributed by atoms with Crippen molar-refractivity contribution >= 4 is 5.69 Å². The van der Waals surface area contributed by atoms with Gasteiger partial charge in [0.2, 0.25) is 0 Å². The number of halogens is 1. The van der Waals surface area contributed by atoms with E-state index in [-0.39, 0.29) is 12.4 Å². The molecule has 0 fully saturated rings. The maximum Gasteiger partial charge on any atom is 0.129 e. The van der Waals surface area contributed by atoms with E-state index < -0.39 is 0 Å². The fourth-order valence-electron chi connectivity index (χ4n) is 2.30. The molecule has 0 bridgehead atoms. The molecule has 1 aromatic heterocycles. The fourth-order valence-corrected chi connectivity index (χ4v) is 2.30. The van der Waals surface area contributed by atoms with Crippen LogP contribution in [0.5, 0.6) is 0 Å². The third-order valence-electron chi connectivity index (χ3n) is 3.32. The number of nitrogens with two attached hydrogens (primary N) is 1. The van der Waals surface area contributed by atoms with Crippen LogP contribution in [0.3, 0.4) is 0 Å². The quantitative estimate of drug-likeness (QED) is 0.910. The smallest absolute Gasteiger partial charge is 0.129 e. The standard InChI is InChI=1S/C16H20FN3/c1-3-20(11-13-7-4-6-12(2)19-13)16-9-5-8-15(17)14(16)10-18/h4-9H,3,10-11,18H2,1-2H3. The van der Waals surface area contributed by atoms with Crippen LogP contribution in [0.1, 0.15) is 23.9 Å². The first kappa shape index (κ1) is 14.5. The Morgan fingerprint density at radius 1 is 1.20 bits per heavy atom. The molecule has 0 radical (unpaired) electrons. The van der Waals surface area contributed by atoms with Crippen molar-refractivity contribution in [1.82, 2.24) is 4.98 Å². The SMILES string of the molecule is CCN(Cc1cccc(C)n1)c1cccc(F)c1CN. The number of hydrogen-bond acceptors (Lipinski definition) is 3. The zero-order chi connectivity index (χ0) is 14.5. The summed E-state index contributed by atoms with van der Waals surface area (Å²) in [6, 6.07) is 11.0. The van der Waals surface area contributed by atoms with Gasteiger partial charge in [-0.25, -0.2) is 4.39 Å². The Labute approximate surface area is 119 Å². The van der Waals surface area contributed by atoms with E-state index in [0.717, 1.165) is 23.6 Å². The first-order chi connectivity index (χ1) is 9.65. The Bertz CT molecular complexity index is 584. The molecule has 106 valence electrons. The van der Waals surface area contributed by atoms with E-state index in [9.17, 15) is 4.39 Å². The lowest BCUT2D eigenvalue weighted by Gasteiger charge is -2.25. The highest BCUT2D eigenvalue weighted by atomic mass is 19.1. The molecule has 0 aliphatic heterocycles. The van der Waals surface area contributed by atoms with Crippen molar-refractivity contribution in [1.29, 1.82) is 0 Å². The molecule has 0 aliphatic rings. The van der Waals surface area contributed by atoms with E-state index in [1.54, 1.807) is 6.07 Å². The first-order valence-electron chi connectivity index (χ1n) is 6.80. The Morgan fingerprint density at radius 2 is 1.95 bits per heavy atom. The highest BCUT2D eigenvalue weighted by Gasteiger charge is 2.13. The third kappa shape index (κ3) is 3.14. The van der Waals surface area contributed by atoms with Crippen LogP contribution in [0.25, 0.3) is 0 Å². The van der Waals surface area contributed by atoms with Gasteiger partial charge in [-0.1, -0.05) is 12.1 Å². The topological polar surface area (TPSA) is 42.2 Å². The van der Waals surface area contributed by atoms with Gasteiger partial charge in [-0.3, -0.25) is 4.98 Å². The predicted molar refractivity (Wildman–Crippen MR) is 80.0 cm³/mol. The van der Waals surface area contributed by atoms with Crippen molar-refractivity contribution in [3.05, 3.63) is 59.2 Å². The van der Waals surface area contributed by atoms with Crippen LogP contribution >= 0.6 is 0 Å². The lowest BCUT2D eigenvalue weighted by molar-refractivity contribution is 0.608. The summed E-state index contributed by atoms with van der Waals surface area (Å²) in [5, 5.41) is 0. The zero-order valence-corrected chi connectivity index (χ0v) is 11.9. The molecule has 2 N–H and O–H groups in total. The summed E-state index contributed by atoms with van der Waals surface area (Å²) in [6.45, 7) is 5.62. The number of benzene rings is 1. The van der Waals surface area contributed by atoms with Gasteiger partial charge in [0.15, 0.2) is 0 Å². The molecule has 0 aliphatic carbocycles. The van der Waals surface area contributed by atoms with Gasteiger partial charge in [0.1, 0.15) is 5.82 Å². The number of aryl methyl sites for hydroxylation is 1. The minimum atomic E-state index is -0.249. The lowest BCUT2D eigenvalue weighted by atomic mass is 10.1. The minimum Gasteiger partial charge on any atom is -0.366 e. The van der Waals surface area contributed by atoms with E-state index in [0.29, 0.717) is 12.1 Å². The summed E-state index contributed by atoms with van der Waals surface area (Å²) in [7, 11) is 0. The Morgan fingerprint density at radius 3 is 2.60 bits per heavy atom. The molecule has 0 saturated heterocycles. The maximum atomic E-state index is 13.8. The molecule has 0 spiro atoms. The van der Waals surface area contributed by atoms with Gasteiger partial charge in [-0.05, 0) is 38.1 Å². The molecular weight excluding hydrogens is 253 g/mol. The largest absolute Gasteiger partial charge is 0.366 e. The summed E-state index contributed by atoms with van der Waals surface area (Å²) in [4.78, 5) is 6.59. The Kier molecular flexibility index (Phi) is 4.69. The van der Waals surface area contributed by atoms with E-state index in [1.165, 1.54) is 6.07 Å². The van der Waals surface area contributed by atoms with E-state index in [2.05, 4.69) is 9.88 Å². The number of nitrogens with zero attached hydrogens (tertiary/aromatic N) is 2. The summed E-state index contributed by atoms with van der Waals surface area (Å²) < 4.78 is 13.8. The second-order valence-electron chi connectivity index (χ2n) is 4.73. The van der Waals surface area contributed by atoms with Crippen LogP contribution < -0.4 is 10.6 Å². The van der Waals surface area contributed by atoms with Crippen molar-refractivity contribution < 1.29 is 4.39 Å². The van der Waals surface area contributed by atoms with Gasteiger partial charge in [0.05, 0.1) is 12.2 Å². The van der Waals surface area contributed by atoms with Crippen LogP contribution in [0, 0.1) is 12.7 Å². The first-order valence-corrected chi connectivity index (χ1v) is 6.80. The average molecular weight is 273 g/mol. The molecule has 0 amide bonds. The highest BCUT2D eigenvalue weighted by molar-refractivity contribution is 5.54. The summed E-state index contributed by atoms with van der Waals surface area (Å²) >= 11 is 0. The summed E-state index contributed by atoms with van der Waals surface area (Å²) in [6.07, 6.45) is 0. The molecule has 3 nitrogen and oxygen atoms in total. The van der Waals surface area contributed by atoms with Crippen molar-refractivity contribution in [3.8, 4) is 0 Å². The summed E-state index contributed by atoms with van der Waals surface area (Å²) in [5.74, 6) is -0.249. The molecule has 0 saturated carbocycles. The van der Waals surface area contributed by atoms with Gasteiger partial charge in [0, 0.05) is 30.0 Å². The van der Waals surface area contributed by atoms with Gasteiger partial charge in [0.25, 0.3) is 0 Å². The normalized spacial score (nSPS) is 10.6. The minimum absolute atomic E-state index is 0.194. The second kappa shape index (κ2) is 6.48. The van der Waals surface area contributed by atoms with Crippen LogP contribution in [0.2, 0.25) is 0 Å². The van der Waals surface area contributed by atoms with E-state index >= 15 is 0 Å². The molecule has 20 heavy (non-hydrogen) atoms. The molecule has 2 rings (SSSR count). The van der Waals surface area contributed by atoms with Gasteiger partial charge in [-0.15, -0.1) is 0 Å². The predicted octanol–water partition coefficient (Wildman–Crippen LogP) is 3.01. The van der Waals surface area contributed by atoms with Crippen LogP contribution in [-0.2, 0) is 13.1 Å². The van der Waals surface area contributed by atoms with Crippen LogP contribution in [-0.4, -0.2) is 11.5 Å². The number of anilines is 1. The molecule has 1 aromatic carbocycles. The van der Waals surface area contributed by atoms with Gasteiger partial charge in [-0.2, -0.15) is 0 Å².